The molecular formula is C6H3ClNO2-. The van der Waals surface area contributed by atoms with Crippen LogP contribution in [0.2, 0.25) is 5.02 Å². The summed E-state index contributed by atoms with van der Waals surface area (Å²) in [5.41, 5.74) is -0.146. The molecule has 0 unspecified atom stereocenters. The molecule has 0 bridgehead atoms. The van der Waals surface area contributed by atoms with E-state index in [1.807, 2.05) is 0 Å². The van der Waals surface area contributed by atoms with Gasteiger partial charge in [0, 0.05) is 5.02 Å². The third kappa shape index (κ3) is 1.25. The summed E-state index contributed by atoms with van der Waals surface area (Å²) < 4.78 is 0. The van der Waals surface area contributed by atoms with Crippen LogP contribution in [0.5, 0.6) is 5.75 Å². The number of nitroso groups, excluding NO2 is 1. The van der Waals surface area contributed by atoms with Crippen LogP contribution in [0.1, 0.15) is 0 Å². The molecule has 0 aromatic heterocycles. The predicted octanol–water partition coefficient (Wildman–Crippen LogP) is 1.81. The first-order valence-electron chi connectivity index (χ1n) is 2.54. The smallest absolute Gasteiger partial charge is 0.101 e. The van der Waals surface area contributed by atoms with Crippen molar-refractivity contribution < 1.29 is 5.11 Å². The van der Waals surface area contributed by atoms with Crippen molar-refractivity contribution in [3.05, 3.63) is 28.1 Å². The molecule has 0 saturated heterocycles. The van der Waals surface area contributed by atoms with E-state index in [4.69, 9.17) is 11.6 Å². The summed E-state index contributed by atoms with van der Waals surface area (Å²) in [6, 6.07) is 3.86. The van der Waals surface area contributed by atoms with E-state index in [-0.39, 0.29) is 5.69 Å². The Morgan fingerprint density at radius 1 is 1.50 bits per heavy atom. The highest BCUT2D eigenvalue weighted by molar-refractivity contribution is 6.30. The second kappa shape index (κ2) is 2.66. The maximum Gasteiger partial charge on any atom is 0.101 e. The van der Waals surface area contributed by atoms with Gasteiger partial charge in [0.05, 0.1) is 0 Å². The number of rotatable bonds is 1. The average molecular weight is 157 g/mol. The Morgan fingerprint density at radius 3 is 2.70 bits per heavy atom. The summed E-state index contributed by atoms with van der Waals surface area (Å²) in [5.74, 6) is -0.403. The van der Waals surface area contributed by atoms with Crippen molar-refractivity contribution in [3.63, 3.8) is 0 Å². The van der Waals surface area contributed by atoms with Crippen LogP contribution < -0.4 is 5.11 Å². The largest absolute Gasteiger partial charge is 0.871 e. The van der Waals surface area contributed by atoms with Gasteiger partial charge < -0.3 is 5.11 Å². The van der Waals surface area contributed by atoms with E-state index < -0.39 is 5.75 Å². The molecule has 10 heavy (non-hydrogen) atoms. The summed E-state index contributed by atoms with van der Waals surface area (Å²) in [6.45, 7) is 0. The summed E-state index contributed by atoms with van der Waals surface area (Å²) in [6.07, 6.45) is 0. The van der Waals surface area contributed by atoms with Crippen LogP contribution in [0.4, 0.5) is 5.69 Å². The highest BCUT2D eigenvalue weighted by Crippen LogP contribution is 2.26. The van der Waals surface area contributed by atoms with Gasteiger partial charge in [-0.15, -0.1) is 4.91 Å². The summed E-state index contributed by atoms with van der Waals surface area (Å²) >= 11 is 5.46. The number of hydrogen-bond donors (Lipinski definition) is 0. The molecule has 0 radical (unpaired) electrons. The molecule has 1 aromatic carbocycles. The van der Waals surface area contributed by atoms with Crippen LogP contribution in [0.3, 0.4) is 0 Å². The molecule has 0 N–H and O–H groups in total. The van der Waals surface area contributed by atoms with Gasteiger partial charge in [-0.05, 0) is 17.3 Å². The number of benzene rings is 1. The second-order valence-corrected chi connectivity index (χ2v) is 2.14. The number of nitrogens with zero attached hydrogens (tertiary/aromatic N) is 1. The van der Waals surface area contributed by atoms with Crippen LogP contribution in [-0.2, 0) is 0 Å². The first kappa shape index (κ1) is 7.02. The fraction of sp³-hybridized carbons (Fsp3) is 0. The molecule has 0 heterocycles. The van der Waals surface area contributed by atoms with E-state index in [0.29, 0.717) is 5.02 Å². The lowest BCUT2D eigenvalue weighted by molar-refractivity contribution is -0.267. The molecule has 1 rings (SSSR count). The quantitative estimate of drug-likeness (QED) is 0.583. The molecule has 0 amide bonds. The van der Waals surface area contributed by atoms with Gasteiger partial charge >= 0.3 is 0 Å². The van der Waals surface area contributed by atoms with Gasteiger partial charge in [0.2, 0.25) is 0 Å². The van der Waals surface area contributed by atoms with Crippen molar-refractivity contribution >= 4 is 17.3 Å². The lowest BCUT2D eigenvalue weighted by atomic mass is 10.3. The maximum atomic E-state index is 10.7. The van der Waals surface area contributed by atoms with Gasteiger partial charge in [0.1, 0.15) is 5.69 Å². The van der Waals surface area contributed by atoms with E-state index in [1.54, 1.807) is 0 Å². The van der Waals surface area contributed by atoms with E-state index in [0.717, 1.165) is 0 Å². The molecule has 0 fully saturated rings. The molecule has 0 aliphatic heterocycles. The van der Waals surface area contributed by atoms with E-state index in [2.05, 4.69) is 5.18 Å². The normalized spacial score (nSPS) is 9.30. The van der Waals surface area contributed by atoms with Gasteiger partial charge in [-0.25, -0.2) is 0 Å². The van der Waals surface area contributed by atoms with Gasteiger partial charge in [-0.1, -0.05) is 23.4 Å². The molecule has 0 saturated carbocycles. The first-order chi connectivity index (χ1) is 4.74. The van der Waals surface area contributed by atoms with E-state index >= 15 is 0 Å². The Labute approximate surface area is 62.2 Å². The molecular weight excluding hydrogens is 154 g/mol. The molecule has 0 aliphatic rings. The standard InChI is InChI=1S/C6H4ClNO2/c7-4-1-2-6(9)5(3-4)8-10/h1-3,9H/p-1. The maximum absolute atomic E-state index is 10.7. The van der Waals surface area contributed by atoms with Gasteiger partial charge in [0.25, 0.3) is 0 Å². The zero-order valence-electron chi connectivity index (χ0n) is 4.87. The highest BCUT2D eigenvalue weighted by Gasteiger charge is 1.92. The van der Waals surface area contributed by atoms with Crippen molar-refractivity contribution in [3.8, 4) is 5.75 Å². The monoisotopic (exact) mass is 156 g/mol. The topological polar surface area (TPSA) is 52.5 Å². The summed E-state index contributed by atoms with van der Waals surface area (Å²) in [5, 5.41) is 13.5. The molecule has 0 spiro atoms. The molecule has 3 nitrogen and oxygen atoms in total. The highest BCUT2D eigenvalue weighted by atomic mass is 35.5. The van der Waals surface area contributed by atoms with E-state index in [1.165, 1.54) is 18.2 Å². The SMILES string of the molecule is O=Nc1cc(Cl)ccc1[O-]. The minimum atomic E-state index is -0.403. The van der Waals surface area contributed by atoms with Crippen molar-refractivity contribution in [1.82, 2.24) is 0 Å². The molecule has 0 aliphatic carbocycles. The summed E-state index contributed by atoms with van der Waals surface area (Å²) in [4.78, 5) is 9.87. The zero-order chi connectivity index (χ0) is 7.56. The lowest BCUT2D eigenvalue weighted by Gasteiger charge is -2.05. The Morgan fingerprint density at radius 2 is 2.20 bits per heavy atom. The Hall–Kier alpha value is -1.09. The fourth-order valence-electron chi connectivity index (χ4n) is 0.562. The molecule has 0 atom stereocenters. The van der Waals surface area contributed by atoms with Crippen LogP contribution in [-0.4, -0.2) is 0 Å². The van der Waals surface area contributed by atoms with Crippen molar-refractivity contribution in [1.29, 1.82) is 0 Å². The van der Waals surface area contributed by atoms with Gasteiger partial charge in [-0.3, -0.25) is 0 Å². The minimum absolute atomic E-state index is 0.146. The van der Waals surface area contributed by atoms with Crippen LogP contribution >= 0.6 is 11.6 Å². The number of hydrogen-bond acceptors (Lipinski definition) is 3. The summed E-state index contributed by atoms with van der Waals surface area (Å²) in [7, 11) is 0. The first-order valence-corrected chi connectivity index (χ1v) is 2.92. The van der Waals surface area contributed by atoms with Crippen LogP contribution in [0.25, 0.3) is 0 Å². The molecule has 1 aromatic rings. The van der Waals surface area contributed by atoms with Gasteiger partial charge in [0.15, 0.2) is 0 Å². The molecule has 52 valence electrons. The Kier molecular flexibility index (Phi) is 1.87. The van der Waals surface area contributed by atoms with E-state index in [9.17, 15) is 10.0 Å². The average Bonchev–Trinajstić information content (AvgIpc) is 1.94. The van der Waals surface area contributed by atoms with Crippen molar-refractivity contribution in [2.45, 2.75) is 0 Å². The Balaban J connectivity index is 3.21. The third-order valence-electron chi connectivity index (χ3n) is 1.02. The van der Waals surface area contributed by atoms with Crippen LogP contribution in [0, 0.1) is 4.91 Å². The van der Waals surface area contributed by atoms with Crippen molar-refractivity contribution in [2.75, 3.05) is 0 Å². The third-order valence-corrected chi connectivity index (χ3v) is 1.25. The predicted molar refractivity (Wildman–Crippen MR) is 36.4 cm³/mol. The second-order valence-electron chi connectivity index (χ2n) is 1.70. The van der Waals surface area contributed by atoms with Crippen molar-refractivity contribution in [2.24, 2.45) is 5.18 Å². The zero-order valence-corrected chi connectivity index (χ0v) is 5.63. The van der Waals surface area contributed by atoms with Gasteiger partial charge in [-0.2, -0.15) is 0 Å². The Bertz CT molecular complexity index is 262. The minimum Gasteiger partial charge on any atom is -0.871 e. The fourth-order valence-corrected chi connectivity index (χ4v) is 0.728. The lowest BCUT2D eigenvalue weighted by Crippen LogP contribution is -1.88. The van der Waals surface area contributed by atoms with Crippen LogP contribution in [0.15, 0.2) is 23.4 Å². The molecule has 4 heteroatoms. The number of halogens is 1.